The van der Waals surface area contributed by atoms with Crippen LogP contribution in [-0.4, -0.2) is 16.6 Å². The minimum Gasteiger partial charge on any atom is -0.390 e. The van der Waals surface area contributed by atoms with Crippen molar-refractivity contribution in [2.75, 3.05) is 0 Å². The van der Waals surface area contributed by atoms with E-state index in [0.29, 0.717) is 19.3 Å². The highest BCUT2D eigenvalue weighted by Gasteiger charge is 2.43. The molecule has 1 nitrogen and oxygen atoms in total. The van der Waals surface area contributed by atoms with Crippen LogP contribution in [-0.2, 0) is 0 Å². The molecule has 1 rings (SSSR count). The Morgan fingerprint density at radius 2 is 2.00 bits per heavy atom. The van der Waals surface area contributed by atoms with Crippen LogP contribution in [0.3, 0.4) is 0 Å². The normalized spacial score (nSPS) is 35.0. The zero-order valence-electron chi connectivity index (χ0n) is 7.45. The molecule has 72 valence electrons. The molecule has 0 saturated heterocycles. The quantitative estimate of drug-likeness (QED) is 0.689. The maximum atomic E-state index is 12.9. The first kappa shape index (κ1) is 9.90. The van der Waals surface area contributed by atoms with E-state index in [9.17, 15) is 13.9 Å². The number of hydrogen-bond donors (Lipinski definition) is 1. The van der Waals surface area contributed by atoms with Crippen molar-refractivity contribution in [1.82, 2.24) is 0 Å². The summed E-state index contributed by atoms with van der Waals surface area (Å²) < 4.78 is 25.7. The minimum atomic E-state index is -2.64. The van der Waals surface area contributed by atoms with E-state index < -0.39 is 11.5 Å². The largest absolute Gasteiger partial charge is 0.390 e. The Hall–Kier alpha value is -0.180. The predicted octanol–water partition coefficient (Wildman–Crippen LogP) is 2.73. The Kier molecular flexibility index (Phi) is 2.71. The van der Waals surface area contributed by atoms with Crippen molar-refractivity contribution in [2.24, 2.45) is 0 Å². The smallest absolute Gasteiger partial charge is 0.250 e. The molecule has 12 heavy (non-hydrogen) atoms. The maximum absolute atomic E-state index is 12.9. The van der Waals surface area contributed by atoms with Crippen molar-refractivity contribution in [3.8, 4) is 0 Å². The molecule has 1 N–H and O–H groups in total. The molecular weight excluding hydrogens is 162 g/mol. The van der Waals surface area contributed by atoms with Gasteiger partial charge < -0.3 is 5.11 Å². The van der Waals surface area contributed by atoms with Crippen LogP contribution in [0.25, 0.3) is 0 Å². The number of alkyl halides is 2. The average Bonchev–Trinajstić information content (AvgIpc) is 1.83. The molecule has 0 bridgehead atoms. The Morgan fingerprint density at radius 3 is 2.50 bits per heavy atom. The van der Waals surface area contributed by atoms with E-state index in [0.717, 1.165) is 6.42 Å². The monoisotopic (exact) mass is 178 g/mol. The number of rotatable bonds is 2. The van der Waals surface area contributed by atoms with Gasteiger partial charge in [0.05, 0.1) is 5.60 Å². The highest BCUT2D eigenvalue weighted by molar-refractivity contribution is 4.89. The van der Waals surface area contributed by atoms with Crippen LogP contribution in [0.15, 0.2) is 0 Å². The van der Waals surface area contributed by atoms with Crippen molar-refractivity contribution in [2.45, 2.75) is 57.0 Å². The SMILES string of the molecule is CCCC1(O)CCCC(F)(F)C1. The summed E-state index contributed by atoms with van der Waals surface area (Å²) in [6.45, 7) is 1.91. The summed E-state index contributed by atoms with van der Waals surface area (Å²) in [6.07, 6.45) is 1.86. The van der Waals surface area contributed by atoms with Gasteiger partial charge in [0.15, 0.2) is 0 Å². The van der Waals surface area contributed by atoms with Crippen LogP contribution < -0.4 is 0 Å². The molecule has 0 aliphatic heterocycles. The molecule has 0 aromatic heterocycles. The van der Waals surface area contributed by atoms with Crippen LogP contribution in [0.4, 0.5) is 8.78 Å². The predicted molar refractivity (Wildman–Crippen MR) is 43.3 cm³/mol. The highest BCUT2D eigenvalue weighted by atomic mass is 19.3. The van der Waals surface area contributed by atoms with Gasteiger partial charge in [-0.1, -0.05) is 13.3 Å². The van der Waals surface area contributed by atoms with Crippen molar-refractivity contribution in [3.63, 3.8) is 0 Å². The second-order valence-corrected chi connectivity index (χ2v) is 3.86. The topological polar surface area (TPSA) is 20.2 Å². The van der Waals surface area contributed by atoms with E-state index in [1.807, 2.05) is 6.92 Å². The molecule has 0 heterocycles. The summed E-state index contributed by atoms with van der Waals surface area (Å²) in [5.74, 6) is -2.64. The first-order valence-electron chi connectivity index (χ1n) is 4.58. The summed E-state index contributed by atoms with van der Waals surface area (Å²) in [4.78, 5) is 0. The molecule has 0 aromatic rings. The van der Waals surface area contributed by atoms with Crippen molar-refractivity contribution in [3.05, 3.63) is 0 Å². The summed E-state index contributed by atoms with van der Waals surface area (Å²) in [7, 11) is 0. The number of aliphatic hydroxyl groups is 1. The third-order valence-electron chi connectivity index (χ3n) is 2.49. The Balaban J connectivity index is 2.55. The lowest BCUT2D eigenvalue weighted by atomic mass is 9.80. The zero-order valence-corrected chi connectivity index (χ0v) is 7.45. The maximum Gasteiger partial charge on any atom is 0.250 e. The van der Waals surface area contributed by atoms with Gasteiger partial charge in [-0.3, -0.25) is 0 Å². The first-order chi connectivity index (χ1) is 5.47. The van der Waals surface area contributed by atoms with E-state index in [4.69, 9.17) is 0 Å². The first-order valence-corrected chi connectivity index (χ1v) is 4.58. The van der Waals surface area contributed by atoms with Crippen LogP contribution in [0.1, 0.15) is 45.4 Å². The van der Waals surface area contributed by atoms with E-state index in [1.54, 1.807) is 0 Å². The molecule has 1 aliphatic carbocycles. The molecule has 0 radical (unpaired) electrons. The molecule has 0 aromatic carbocycles. The Labute approximate surface area is 71.8 Å². The molecule has 0 spiro atoms. The molecule has 1 saturated carbocycles. The van der Waals surface area contributed by atoms with E-state index in [-0.39, 0.29) is 12.8 Å². The fourth-order valence-electron chi connectivity index (χ4n) is 2.01. The minimum absolute atomic E-state index is 0.0565. The fourth-order valence-corrected chi connectivity index (χ4v) is 2.01. The molecule has 1 aliphatic rings. The standard InChI is InChI=1S/C9H16F2O/c1-2-4-8(12)5-3-6-9(10,11)7-8/h12H,2-7H2,1H3. The Morgan fingerprint density at radius 1 is 1.33 bits per heavy atom. The molecule has 1 unspecified atom stereocenters. The summed E-state index contributed by atoms with van der Waals surface area (Å²) >= 11 is 0. The Bertz CT molecular complexity index is 155. The molecule has 1 atom stereocenters. The molecular formula is C9H16F2O. The fraction of sp³-hybridized carbons (Fsp3) is 1.00. The van der Waals surface area contributed by atoms with Crippen LogP contribution in [0.2, 0.25) is 0 Å². The van der Waals surface area contributed by atoms with E-state index >= 15 is 0 Å². The second-order valence-electron chi connectivity index (χ2n) is 3.86. The van der Waals surface area contributed by atoms with Crippen molar-refractivity contribution in [1.29, 1.82) is 0 Å². The van der Waals surface area contributed by atoms with Gasteiger partial charge in [-0.25, -0.2) is 8.78 Å². The molecule has 3 heteroatoms. The van der Waals surface area contributed by atoms with Crippen LogP contribution in [0.5, 0.6) is 0 Å². The highest BCUT2D eigenvalue weighted by Crippen LogP contribution is 2.41. The van der Waals surface area contributed by atoms with Gasteiger partial charge in [0.2, 0.25) is 0 Å². The summed E-state index contributed by atoms with van der Waals surface area (Å²) in [5, 5.41) is 9.73. The van der Waals surface area contributed by atoms with Crippen molar-refractivity contribution < 1.29 is 13.9 Å². The van der Waals surface area contributed by atoms with Gasteiger partial charge in [-0.2, -0.15) is 0 Å². The van der Waals surface area contributed by atoms with Crippen LogP contribution in [0, 0.1) is 0 Å². The lowest BCUT2D eigenvalue weighted by Gasteiger charge is -2.36. The third kappa shape index (κ3) is 2.41. The van der Waals surface area contributed by atoms with E-state index in [1.165, 1.54) is 0 Å². The van der Waals surface area contributed by atoms with Crippen molar-refractivity contribution >= 4 is 0 Å². The number of halogens is 2. The van der Waals surface area contributed by atoms with Gasteiger partial charge in [0, 0.05) is 12.8 Å². The number of hydrogen-bond acceptors (Lipinski definition) is 1. The van der Waals surface area contributed by atoms with Gasteiger partial charge in [-0.05, 0) is 19.3 Å². The second kappa shape index (κ2) is 3.29. The molecule has 0 amide bonds. The van der Waals surface area contributed by atoms with Crippen LogP contribution >= 0.6 is 0 Å². The van der Waals surface area contributed by atoms with Gasteiger partial charge >= 0.3 is 0 Å². The average molecular weight is 178 g/mol. The lowest BCUT2D eigenvalue weighted by Crippen LogP contribution is -2.40. The summed E-state index contributed by atoms with van der Waals surface area (Å²) in [6, 6.07) is 0. The lowest BCUT2D eigenvalue weighted by molar-refractivity contribution is -0.127. The van der Waals surface area contributed by atoms with E-state index in [2.05, 4.69) is 0 Å². The third-order valence-corrected chi connectivity index (χ3v) is 2.49. The van der Waals surface area contributed by atoms with Gasteiger partial charge in [0.25, 0.3) is 5.92 Å². The zero-order chi connectivity index (χ0) is 9.24. The van der Waals surface area contributed by atoms with Gasteiger partial charge in [0.1, 0.15) is 0 Å². The summed E-state index contributed by atoms with van der Waals surface area (Å²) in [5.41, 5.74) is -1.09. The molecule has 1 fully saturated rings. The van der Waals surface area contributed by atoms with Gasteiger partial charge in [-0.15, -0.1) is 0 Å².